The number of nitrogens with zero attached hydrogens (tertiary/aromatic N) is 2. The highest BCUT2D eigenvalue weighted by Gasteiger charge is 2.18. The molecule has 2 rings (SSSR count). The lowest BCUT2D eigenvalue weighted by Gasteiger charge is -2.20. The Labute approximate surface area is 144 Å². The number of anilines is 1. The number of amides is 1. The molecule has 0 bridgehead atoms. The summed E-state index contributed by atoms with van der Waals surface area (Å²) in [7, 11) is 1.59. The molecule has 0 aromatic heterocycles. The minimum atomic E-state index is -1.01. The van der Waals surface area contributed by atoms with Gasteiger partial charge in [0.1, 0.15) is 0 Å². The molecule has 1 atom stereocenters. The van der Waals surface area contributed by atoms with Crippen molar-refractivity contribution in [1.82, 2.24) is 0 Å². The highest BCUT2D eigenvalue weighted by Crippen LogP contribution is 2.26. The topological polar surface area (TPSA) is 64.3 Å². The lowest BCUT2D eigenvalue weighted by Crippen LogP contribution is -2.27. The number of hydrogen-bond acceptors (Lipinski definition) is 3. The van der Waals surface area contributed by atoms with Gasteiger partial charge in [0.05, 0.1) is 24.2 Å². The Morgan fingerprint density at radius 3 is 2.52 bits per heavy atom. The van der Waals surface area contributed by atoms with Crippen molar-refractivity contribution in [2.45, 2.75) is 12.5 Å². The van der Waals surface area contributed by atoms with Gasteiger partial charge >= 0.3 is 0 Å². The van der Waals surface area contributed by atoms with Crippen LogP contribution in [0.25, 0.3) is 0 Å². The molecule has 2 aromatic rings. The molecule has 0 saturated carbocycles. The Hall–Kier alpha value is -2.06. The van der Waals surface area contributed by atoms with Crippen LogP contribution in [0.5, 0.6) is 0 Å². The standard InChI is InChI=1S/C17H14Cl2N2O2/c1-21(15-4-2-3-11(5-15)10-20)17(23)9-16(22)12-6-13(18)8-14(19)7-12/h2-8,16,22H,9H2,1H3. The molecule has 0 spiro atoms. The Balaban J connectivity index is 2.12. The largest absolute Gasteiger partial charge is 0.388 e. The normalized spacial score (nSPS) is 11.6. The number of rotatable bonds is 4. The van der Waals surface area contributed by atoms with E-state index in [0.717, 1.165) is 0 Å². The molecule has 0 aliphatic carbocycles. The first-order chi connectivity index (χ1) is 10.9. The van der Waals surface area contributed by atoms with Crippen LogP contribution >= 0.6 is 23.2 Å². The Kier molecular flexibility index (Phi) is 5.62. The highest BCUT2D eigenvalue weighted by molar-refractivity contribution is 6.34. The molecule has 1 unspecified atom stereocenters. The molecule has 0 aliphatic heterocycles. The number of nitriles is 1. The summed E-state index contributed by atoms with van der Waals surface area (Å²) in [4.78, 5) is 13.7. The smallest absolute Gasteiger partial charge is 0.229 e. The monoisotopic (exact) mass is 348 g/mol. The maximum atomic E-state index is 12.3. The summed E-state index contributed by atoms with van der Waals surface area (Å²) < 4.78 is 0. The van der Waals surface area contributed by atoms with Gasteiger partial charge in [0.2, 0.25) is 5.91 Å². The summed E-state index contributed by atoms with van der Waals surface area (Å²) in [6, 6.07) is 13.4. The molecule has 4 nitrogen and oxygen atoms in total. The number of halogens is 2. The van der Waals surface area contributed by atoms with E-state index in [1.54, 1.807) is 49.5 Å². The zero-order valence-electron chi connectivity index (χ0n) is 12.3. The van der Waals surface area contributed by atoms with Crippen LogP contribution in [0.4, 0.5) is 5.69 Å². The lowest BCUT2D eigenvalue weighted by molar-refractivity contribution is -0.120. The SMILES string of the molecule is CN(C(=O)CC(O)c1cc(Cl)cc(Cl)c1)c1cccc(C#N)c1. The molecule has 6 heteroatoms. The quantitative estimate of drug-likeness (QED) is 0.909. The number of carbonyl (C=O) groups excluding carboxylic acids is 1. The maximum Gasteiger partial charge on any atom is 0.229 e. The molecule has 118 valence electrons. The third kappa shape index (κ3) is 4.46. The molecule has 0 radical (unpaired) electrons. The first-order valence-corrected chi connectivity index (χ1v) is 7.57. The van der Waals surface area contributed by atoms with Crippen LogP contribution in [0.2, 0.25) is 10.0 Å². The van der Waals surface area contributed by atoms with E-state index in [0.29, 0.717) is 26.9 Å². The van der Waals surface area contributed by atoms with Crippen LogP contribution in [0.15, 0.2) is 42.5 Å². The van der Waals surface area contributed by atoms with E-state index < -0.39 is 6.10 Å². The van der Waals surface area contributed by atoms with Crippen molar-refractivity contribution < 1.29 is 9.90 Å². The van der Waals surface area contributed by atoms with E-state index in [2.05, 4.69) is 0 Å². The summed E-state index contributed by atoms with van der Waals surface area (Å²) in [5, 5.41) is 19.9. The maximum absolute atomic E-state index is 12.3. The predicted molar refractivity (Wildman–Crippen MR) is 90.6 cm³/mol. The zero-order valence-corrected chi connectivity index (χ0v) is 13.8. The predicted octanol–water partition coefficient (Wildman–Crippen LogP) is 3.95. The number of hydrogen-bond donors (Lipinski definition) is 1. The van der Waals surface area contributed by atoms with E-state index >= 15 is 0 Å². The first-order valence-electron chi connectivity index (χ1n) is 6.81. The first kappa shape index (κ1) is 17.3. The number of aliphatic hydroxyl groups is 1. The summed E-state index contributed by atoms with van der Waals surface area (Å²) in [6.45, 7) is 0. The van der Waals surface area contributed by atoms with E-state index in [9.17, 15) is 9.90 Å². The highest BCUT2D eigenvalue weighted by atomic mass is 35.5. The Bertz CT molecular complexity index is 751. The van der Waals surface area contributed by atoms with E-state index in [1.165, 1.54) is 4.90 Å². The lowest BCUT2D eigenvalue weighted by atomic mass is 10.1. The molecule has 23 heavy (non-hydrogen) atoms. The van der Waals surface area contributed by atoms with Crippen LogP contribution in [-0.2, 0) is 4.79 Å². The molecular formula is C17H14Cl2N2O2. The third-order valence-corrected chi connectivity index (χ3v) is 3.81. The Morgan fingerprint density at radius 2 is 1.91 bits per heavy atom. The van der Waals surface area contributed by atoms with Gasteiger partial charge in [0.15, 0.2) is 0 Å². The van der Waals surface area contributed by atoms with Gasteiger partial charge in [-0.1, -0.05) is 29.3 Å². The molecule has 0 heterocycles. The van der Waals surface area contributed by atoms with Gasteiger partial charge in [-0.05, 0) is 42.0 Å². The second kappa shape index (κ2) is 7.47. The van der Waals surface area contributed by atoms with Crippen LogP contribution in [-0.4, -0.2) is 18.1 Å². The van der Waals surface area contributed by atoms with E-state index in [-0.39, 0.29) is 12.3 Å². The fourth-order valence-electron chi connectivity index (χ4n) is 2.12. The second-order valence-corrected chi connectivity index (χ2v) is 5.91. The van der Waals surface area contributed by atoms with Crippen LogP contribution < -0.4 is 4.90 Å². The van der Waals surface area contributed by atoms with Crippen molar-refractivity contribution in [1.29, 1.82) is 5.26 Å². The van der Waals surface area contributed by atoms with E-state index in [4.69, 9.17) is 28.5 Å². The molecule has 1 N–H and O–H groups in total. The number of carbonyl (C=O) groups is 1. The average molecular weight is 349 g/mol. The van der Waals surface area contributed by atoms with Gasteiger partial charge in [-0.25, -0.2) is 0 Å². The third-order valence-electron chi connectivity index (χ3n) is 3.37. The Morgan fingerprint density at radius 1 is 1.26 bits per heavy atom. The van der Waals surface area contributed by atoms with Crippen LogP contribution in [0, 0.1) is 11.3 Å². The molecule has 1 amide bonds. The van der Waals surface area contributed by atoms with Gasteiger partial charge in [0.25, 0.3) is 0 Å². The fraction of sp³-hybridized carbons (Fsp3) is 0.176. The van der Waals surface area contributed by atoms with Crippen molar-refractivity contribution in [3.63, 3.8) is 0 Å². The van der Waals surface area contributed by atoms with Crippen molar-refractivity contribution in [3.8, 4) is 6.07 Å². The summed E-state index contributed by atoms with van der Waals surface area (Å²) in [6.07, 6.45) is -1.13. The minimum absolute atomic E-state index is 0.121. The van der Waals surface area contributed by atoms with Crippen molar-refractivity contribution >= 4 is 34.8 Å². The van der Waals surface area contributed by atoms with Gasteiger partial charge in [0, 0.05) is 22.8 Å². The van der Waals surface area contributed by atoms with E-state index in [1.807, 2.05) is 6.07 Å². The number of benzene rings is 2. The number of aliphatic hydroxyl groups excluding tert-OH is 1. The summed E-state index contributed by atoms with van der Waals surface area (Å²) in [5.74, 6) is -0.288. The second-order valence-electron chi connectivity index (χ2n) is 5.04. The summed E-state index contributed by atoms with van der Waals surface area (Å²) in [5.41, 5.74) is 1.53. The molecule has 0 fully saturated rings. The van der Waals surface area contributed by atoms with Gasteiger partial charge < -0.3 is 10.0 Å². The van der Waals surface area contributed by atoms with Gasteiger partial charge in [-0.15, -0.1) is 0 Å². The fourth-order valence-corrected chi connectivity index (χ4v) is 2.66. The molecule has 2 aromatic carbocycles. The van der Waals surface area contributed by atoms with Crippen molar-refractivity contribution in [2.24, 2.45) is 0 Å². The molecule has 0 aliphatic rings. The van der Waals surface area contributed by atoms with Crippen LogP contribution in [0.1, 0.15) is 23.7 Å². The van der Waals surface area contributed by atoms with Crippen molar-refractivity contribution in [3.05, 3.63) is 63.6 Å². The minimum Gasteiger partial charge on any atom is -0.388 e. The average Bonchev–Trinajstić information content (AvgIpc) is 2.53. The van der Waals surface area contributed by atoms with Gasteiger partial charge in [-0.2, -0.15) is 5.26 Å². The molecular weight excluding hydrogens is 335 g/mol. The zero-order chi connectivity index (χ0) is 17.0. The van der Waals surface area contributed by atoms with Gasteiger partial charge in [-0.3, -0.25) is 4.79 Å². The van der Waals surface area contributed by atoms with Crippen LogP contribution in [0.3, 0.4) is 0 Å². The molecule has 0 saturated heterocycles. The summed E-state index contributed by atoms with van der Waals surface area (Å²) >= 11 is 11.8. The van der Waals surface area contributed by atoms with Crippen molar-refractivity contribution in [2.75, 3.05) is 11.9 Å².